The number of nitrogens with zero attached hydrogens (tertiary/aromatic N) is 1. The molecule has 4 nitrogen and oxygen atoms in total. The summed E-state index contributed by atoms with van der Waals surface area (Å²) in [5.41, 5.74) is 2.42. The van der Waals surface area contributed by atoms with Crippen LogP contribution in [-0.2, 0) is 10.2 Å². The van der Waals surface area contributed by atoms with Crippen molar-refractivity contribution in [1.29, 1.82) is 0 Å². The van der Waals surface area contributed by atoms with E-state index in [0.29, 0.717) is 32.8 Å². The van der Waals surface area contributed by atoms with Gasteiger partial charge >= 0.3 is 6.03 Å². The Bertz CT molecular complexity index is 448. The number of benzene rings is 1. The highest BCUT2D eigenvalue weighted by Gasteiger charge is 2.23. The van der Waals surface area contributed by atoms with Crippen LogP contribution in [0.25, 0.3) is 0 Å². The third-order valence-electron chi connectivity index (χ3n) is 3.81. The number of nitrogens with one attached hydrogen (secondary N) is 1. The van der Waals surface area contributed by atoms with Gasteiger partial charge in [-0.3, -0.25) is 0 Å². The second kappa shape index (κ2) is 6.27. The molecule has 0 aromatic heterocycles. The van der Waals surface area contributed by atoms with E-state index in [1.807, 2.05) is 4.90 Å². The highest BCUT2D eigenvalue weighted by Crippen LogP contribution is 2.22. The Kier molecular flexibility index (Phi) is 4.65. The van der Waals surface area contributed by atoms with Crippen LogP contribution in [0.5, 0.6) is 0 Å². The summed E-state index contributed by atoms with van der Waals surface area (Å²) in [7, 11) is 0. The SMILES string of the molecule is Cc1ccc(C(C)(C)CNC(=O)N2CCOCC2)cc1. The normalized spacial score (nSPS) is 16.1. The van der Waals surface area contributed by atoms with Gasteiger partial charge in [-0.05, 0) is 12.5 Å². The first-order valence-corrected chi connectivity index (χ1v) is 7.17. The molecule has 2 rings (SSSR count). The number of rotatable bonds is 3. The van der Waals surface area contributed by atoms with Crippen LogP contribution in [0.1, 0.15) is 25.0 Å². The van der Waals surface area contributed by atoms with Crippen molar-refractivity contribution >= 4 is 6.03 Å². The quantitative estimate of drug-likeness (QED) is 0.920. The van der Waals surface area contributed by atoms with Gasteiger partial charge < -0.3 is 15.0 Å². The highest BCUT2D eigenvalue weighted by molar-refractivity contribution is 5.74. The average Bonchev–Trinajstić information content (AvgIpc) is 2.46. The van der Waals surface area contributed by atoms with E-state index in [2.05, 4.69) is 50.4 Å². The van der Waals surface area contributed by atoms with Crippen molar-refractivity contribution in [2.75, 3.05) is 32.8 Å². The first kappa shape index (κ1) is 14.9. The minimum Gasteiger partial charge on any atom is -0.378 e. The molecule has 0 bridgehead atoms. The molecule has 2 amide bonds. The average molecular weight is 276 g/mol. The van der Waals surface area contributed by atoms with Crippen LogP contribution < -0.4 is 5.32 Å². The molecular formula is C16H24N2O2. The van der Waals surface area contributed by atoms with Crippen molar-refractivity contribution in [3.63, 3.8) is 0 Å². The third kappa shape index (κ3) is 3.73. The van der Waals surface area contributed by atoms with Crippen molar-refractivity contribution in [2.45, 2.75) is 26.2 Å². The molecular weight excluding hydrogens is 252 g/mol. The van der Waals surface area contributed by atoms with E-state index >= 15 is 0 Å². The van der Waals surface area contributed by atoms with Gasteiger partial charge in [0.25, 0.3) is 0 Å². The van der Waals surface area contributed by atoms with E-state index in [-0.39, 0.29) is 11.4 Å². The van der Waals surface area contributed by atoms with Crippen LogP contribution in [0, 0.1) is 6.92 Å². The number of ether oxygens (including phenoxy) is 1. The van der Waals surface area contributed by atoms with Crippen LogP contribution in [0.4, 0.5) is 4.79 Å². The summed E-state index contributed by atoms with van der Waals surface area (Å²) in [6, 6.07) is 8.50. The molecule has 1 aliphatic rings. The maximum atomic E-state index is 12.1. The van der Waals surface area contributed by atoms with E-state index in [0.717, 1.165) is 0 Å². The zero-order chi connectivity index (χ0) is 14.6. The van der Waals surface area contributed by atoms with Gasteiger partial charge in [-0.25, -0.2) is 4.79 Å². The van der Waals surface area contributed by atoms with Gasteiger partial charge in [-0.2, -0.15) is 0 Å². The van der Waals surface area contributed by atoms with Gasteiger partial charge in [-0.1, -0.05) is 43.7 Å². The van der Waals surface area contributed by atoms with E-state index in [9.17, 15) is 4.79 Å². The Morgan fingerprint density at radius 1 is 1.25 bits per heavy atom. The number of urea groups is 1. The lowest BCUT2D eigenvalue weighted by molar-refractivity contribution is 0.0529. The fourth-order valence-corrected chi connectivity index (χ4v) is 2.28. The van der Waals surface area contributed by atoms with Crippen molar-refractivity contribution in [3.05, 3.63) is 35.4 Å². The summed E-state index contributed by atoms with van der Waals surface area (Å²) in [6.07, 6.45) is 0. The molecule has 1 N–H and O–H groups in total. The summed E-state index contributed by atoms with van der Waals surface area (Å²) in [4.78, 5) is 13.9. The van der Waals surface area contributed by atoms with Gasteiger partial charge in [-0.15, -0.1) is 0 Å². The van der Waals surface area contributed by atoms with Crippen LogP contribution in [0.3, 0.4) is 0 Å². The van der Waals surface area contributed by atoms with Crippen LogP contribution in [-0.4, -0.2) is 43.8 Å². The number of amides is 2. The van der Waals surface area contributed by atoms with Gasteiger partial charge in [0.1, 0.15) is 0 Å². The lowest BCUT2D eigenvalue weighted by Gasteiger charge is -2.30. The predicted octanol–water partition coefficient (Wildman–Crippen LogP) is 2.31. The number of morpholine rings is 1. The van der Waals surface area contributed by atoms with Crippen molar-refractivity contribution in [1.82, 2.24) is 10.2 Å². The monoisotopic (exact) mass is 276 g/mol. The lowest BCUT2D eigenvalue weighted by Crippen LogP contribution is -2.48. The molecule has 0 radical (unpaired) electrons. The van der Waals surface area contributed by atoms with E-state index in [1.54, 1.807) is 0 Å². The van der Waals surface area contributed by atoms with Crippen LogP contribution >= 0.6 is 0 Å². The molecule has 20 heavy (non-hydrogen) atoms. The molecule has 0 unspecified atom stereocenters. The smallest absolute Gasteiger partial charge is 0.317 e. The van der Waals surface area contributed by atoms with Gasteiger partial charge in [0.2, 0.25) is 0 Å². The molecule has 0 aliphatic carbocycles. The van der Waals surface area contributed by atoms with Crippen molar-refractivity contribution in [3.8, 4) is 0 Å². The van der Waals surface area contributed by atoms with Gasteiger partial charge in [0.05, 0.1) is 13.2 Å². The maximum Gasteiger partial charge on any atom is 0.317 e. The number of aryl methyl sites for hydroxylation is 1. The molecule has 1 aliphatic heterocycles. The Labute approximate surface area is 121 Å². The fourth-order valence-electron chi connectivity index (χ4n) is 2.28. The molecule has 1 fully saturated rings. The lowest BCUT2D eigenvalue weighted by atomic mass is 9.84. The second-order valence-electron chi connectivity index (χ2n) is 6.01. The molecule has 1 saturated heterocycles. The van der Waals surface area contributed by atoms with Gasteiger partial charge in [0.15, 0.2) is 0 Å². The minimum atomic E-state index is -0.0738. The first-order chi connectivity index (χ1) is 9.49. The molecule has 110 valence electrons. The third-order valence-corrected chi connectivity index (χ3v) is 3.81. The Morgan fingerprint density at radius 3 is 2.45 bits per heavy atom. The van der Waals surface area contributed by atoms with E-state index in [1.165, 1.54) is 11.1 Å². The maximum absolute atomic E-state index is 12.1. The summed E-state index contributed by atoms with van der Waals surface area (Å²) < 4.78 is 5.25. The molecule has 1 aromatic carbocycles. The van der Waals surface area contributed by atoms with E-state index < -0.39 is 0 Å². The largest absolute Gasteiger partial charge is 0.378 e. The molecule has 4 heteroatoms. The summed E-state index contributed by atoms with van der Waals surface area (Å²) in [5.74, 6) is 0. The molecule has 0 saturated carbocycles. The predicted molar refractivity (Wildman–Crippen MR) is 80.0 cm³/mol. The summed E-state index contributed by atoms with van der Waals surface area (Å²) in [5, 5.41) is 3.04. The highest BCUT2D eigenvalue weighted by atomic mass is 16.5. The zero-order valence-electron chi connectivity index (χ0n) is 12.6. The number of carbonyl (C=O) groups excluding carboxylic acids is 1. The second-order valence-corrected chi connectivity index (χ2v) is 6.01. The summed E-state index contributed by atoms with van der Waals surface area (Å²) >= 11 is 0. The number of hydrogen-bond acceptors (Lipinski definition) is 2. The Morgan fingerprint density at radius 2 is 1.85 bits per heavy atom. The minimum absolute atomic E-state index is 0.00786. The molecule has 0 spiro atoms. The first-order valence-electron chi connectivity index (χ1n) is 7.17. The number of carbonyl (C=O) groups is 1. The molecule has 0 atom stereocenters. The Balaban J connectivity index is 1.91. The van der Waals surface area contributed by atoms with Crippen molar-refractivity contribution in [2.24, 2.45) is 0 Å². The number of hydrogen-bond donors (Lipinski definition) is 1. The van der Waals surface area contributed by atoms with E-state index in [4.69, 9.17) is 4.74 Å². The fraction of sp³-hybridized carbons (Fsp3) is 0.562. The topological polar surface area (TPSA) is 41.6 Å². The van der Waals surface area contributed by atoms with Gasteiger partial charge in [0, 0.05) is 25.0 Å². The van der Waals surface area contributed by atoms with Crippen LogP contribution in [0.2, 0.25) is 0 Å². The zero-order valence-corrected chi connectivity index (χ0v) is 12.6. The standard InChI is InChI=1S/C16H24N2O2/c1-13-4-6-14(7-5-13)16(2,3)12-17-15(19)18-8-10-20-11-9-18/h4-7H,8-12H2,1-3H3,(H,17,19). The summed E-state index contributed by atoms with van der Waals surface area (Å²) in [6.45, 7) is 9.63. The van der Waals surface area contributed by atoms with Crippen molar-refractivity contribution < 1.29 is 9.53 Å². The Hall–Kier alpha value is -1.55. The molecule has 1 heterocycles. The molecule has 1 aromatic rings. The van der Waals surface area contributed by atoms with Crippen LogP contribution in [0.15, 0.2) is 24.3 Å².